The summed E-state index contributed by atoms with van der Waals surface area (Å²) in [5, 5.41) is 0. The van der Waals surface area contributed by atoms with Crippen molar-refractivity contribution >= 4 is 11.9 Å². The van der Waals surface area contributed by atoms with E-state index < -0.39 is 0 Å². The summed E-state index contributed by atoms with van der Waals surface area (Å²) in [5.74, 6) is -0.128. The molecule has 1 heterocycles. The first-order chi connectivity index (χ1) is 6.65. The number of amides is 1. The van der Waals surface area contributed by atoms with Gasteiger partial charge >= 0.3 is 5.97 Å². The average Bonchev–Trinajstić information content (AvgIpc) is 2.31. The maximum Gasteiger partial charge on any atom is 0.308 e. The summed E-state index contributed by atoms with van der Waals surface area (Å²) in [5.41, 5.74) is 0. The minimum atomic E-state index is -0.157. The Kier molecular flexibility index (Phi) is 3.92. The number of ether oxygens (including phenoxy) is 1. The Morgan fingerprint density at radius 3 is 2.93 bits per heavy atom. The van der Waals surface area contributed by atoms with Crippen molar-refractivity contribution in [1.29, 1.82) is 0 Å². The van der Waals surface area contributed by atoms with Gasteiger partial charge in [0.1, 0.15) is 0 Å². The molecule has 80 valence electrons. The molecule has 4 heteroatoms. The molecule has 0 aromatic heterocycles. The molecule has 4 nitrogen and oxygen atoms in total. The van der Waals surface area contributed by atoms with Crippen molar-refractivity contribution in [2.24, 2.45) is 5.92 Å². The third kappa shape index (κ3) is 2.72. The average molecular weight is 199 g/mol. The first-order valence-electron chi connectivity index (χ1n) is 5.05. The molecule has 1 fully saturated rings. The van der Waals surface area contributed by atoms with Crippen LogP contribution in [-0.4, -0.2) is 37.0 Å². The fourth-order valence-corrected chi connectivity index (χ4v) is 1.60. The van der Waals surface area contributed by atoms with E-state index in [1.807, 2.05) is 0 Å². The van der Waals surface area contributed by atoms with Crippen LogP contribution in [0, 0.1) is 5.92 Å². The minimum Gasteiger partial charge on any atom is -0.466 e. The lowest BCUT2D eigenvalue weighted by Gasteiger charge is -2.13. The highest BCUT2D eigenvalue weighted by atomic mass is 16.5. The Balaban J connectivity index is 2.49. The summed E-state index contributed by atoms with van der Waals surface area (Å²) < 4.78 is 4.94. The van der Waals surface area contributed by atoms with Gasteiger partial charge in [-0.1, -0.05) is 0 Å². The zero-order valence-electron chi connectivity index (χ0n) is 8.78. The normalized spacial score (nSPS) is 23.1. The Bertz CT molecular complexity index is 227. The van der Waals surface area contributed by atoms with Crippen molar-refractivity contribution in [2.75, 3.05) is 20.2 Å². The fourth-order valence-electron chi connectivity index (χ4n) is 1.60. The molecule has 1 saturated heterocycles. The molecule has 0 saturated carbocycles. The lowest BCUT2D eigenvalue weighted by Crippen LogP contribution is -2.25. The topological polar surface area (TPSA) is 46.6 Å². The Morgan fingerprint density at radius 1 is 1.57 bits per heavy atom. The van der Waals surface area contributed by atoms with Crippen molar-refractivity contribution in [3.8, 4) is 0 Å². The van der Waals surface area contributed by atoms with Crippen molar-refractivity contribution in [1.82, 2.24) is 4.90 Å². The first kappa shape index (κ1) is 11.0. The van der Waals surface area contributed by atoms with Gasteiger partial charge in [-0.25, -0.2) is 0 Å². The Morgan fingerprint density at radius 2 is 2.29 bits per heavy atom. The molecule has 0 N–H and O–H groups in total. The second kappa shape index (κ2) is 4.98. The molecule has 0 aromatic carbocycles. The summed E-state index contributed by atoms with van der Waals surface area (Å²) in [4.78, 5) is 24.4. The molecule has 1 atom stereocenters. The van der Waals surface area contributed by atoms with E-state index in [4.69, 9.17) is 4.74 Å². The first-order valence-corrected chi connectivity index (χ1v) is 5.05. The summed E-state index contributed by atoms with van der Waals surface area (Å²) in [6.45, 7) is 2.87. The summed E-state index contributed by atoms with van der Waals surface area (Å²) in [6, 6.07) is 0. The second-order valence-corrected chi connectivity index (χ2v) is 3.59. The second-order valence-electron chi connectivity index (χ2n) is 3.59. The van der Waals surface area contributed by atoms with Gasteiger partial charge in [-0.05, 0) is 19.8 Å². The van der Waals surface area contributed by atoms with Gasteiger partial charge in [-0.3, -0.25) is 9.59 Å². The zero-order chi connectivity index (χ0) is 10.6. The van der Waals surface area contributed by atoms with Crippen LogP contribution < -0.4 is 0 Å². The van der Waals surface area contributed by atoms with Gasteiger partial charge in [-0.15, -0.1) is 0 Å². The molecule has 0 aliphatic carbocycles. The molecule has 1 amide bonds. The minimum absolute atomic E-state index is 0.0937. The highest BCUT2D eigenvalue weighted by Crippen LogP contribution is 2.18. The number of nitrogens with zero attached hydrogens (tertiary/aromatic N) is 1. The number of hydrogen-bond acceptors (Lipinski definition) is 3. The standard InChI is InChI=1S/C10H17NO3/c1-3-14-10(13)8-4-5-9(12)11(2)7-6-8/h8H,3-7H2,1-2H3. The van der Waals surface area contributed by atoms with Gasteiger partial charge in [0.2, 0.25) is 5.91 Å². The van der Waals surface area contributed by atoms with Crippen molar-refractivity contribution < 1.29 is 14.3 Å². The van der Waals surface area contributed by atoms with E-state index in [2.05, 4.69) is 0 Å². The van der Waals surface area contributed by atoms with Gasteiger partial charge in [0.05, 0.1) is 12.5 Å². The van der Waals surface area contributed by atoms with Crippen LogP contribution in [-0.2, 0) is 14.3 Å². The summed E-state index contributed by atoms with van der Waals surface area (Å²) in [7, 11) is 1.77. The molecule has 0 aromatic rings. The molecular weight excluding hydrogens is 182 g/mol. The monoisotopic (exact) mass is 199 g/mol. The fraction of sp³-hybridized carbons (Fsp3) is 0.800. The summed E-state index contributed by atoms with van der Waals surface area (Å²) in [6.07, 6.45) is 1.81. The van der Waals surface area contributed by atoms with Crippen LogP contribution in [0.15, 0.2) is 0 Å². The van der Waals surface area contributed by atoms with Crippen LogP contribution in [0.3, 0.4) is 0 Å². The van der Waals surface area contributed by atoms with Crippen molar-refractivity contribution in [3.63, 3.8) is 0 Å². The molecule has 1 aliphatic heterocycles. The van der Waals surface area contributed by atoms with E-state index in [1.165, 1.54) is 0 Å². The number of carbonyl (C=O) groups excluding carboxylic acids is 2. The van der Waals surface area contributed by atoms with Gasteiger partial charge in [0.25, 0.3) is 0 Å². The highest BCUT2D eigenvalue weighted by Gasteiger charge is 2.25. The number of carbonyl (C=O) groups is 2. The largest absolute Gasteiger partial charge is 0.466 e. The SMILES string of the molecule is CCOC(=O)C1CCC(=O)N(C)CC1. The molecule has 14 heavy (non-hydrogen) atoms. The lowest BCUT2D eigenvalue weighted by atomic mass is 10.0. The maximum atomic E-state index is 11.4. The molecule has 0 spiro atoms. The molecule has 0 bridgehead atoms. The third-order valence-electron chi connectivity index (χ3n) is 2.57. The van der Waals surface area contributed by atoms with Gasteiger partial charge in [0, 0.05) is 20.0 Å². The molecule has 1 aliphatic rings. The van der Waals surface area contributed by atoms with E-state index >= 15 is 0 Å². The number of likely N-dealkylation sites (tertiary alicyclic amines) is 1. The quantitative estimate of drug-likeness (QED) is 0.618. The van der Waals surface area contributed by atoms with Crippen molar-refractivity contribution in [2.45, 2.75) is 26.2 Å². The number of rotatable bonds is 2. The van der Waals surface area contributed by atoms with E-state index in [0.29, 0.717) is 26.0 Å². The zero-order valence-corrected chi connectivity index (χ0v) is 8.78. The summed E-state index contributed by atoms with van der Waals surface area (Å²) >= 11 is 0. The third-order valence-corrected chi connectivity index (χ3v) is 2.57. The van der Waals surface area contributed by atoms with Crippen LogP contribution in [0.25, 0.3) is 0 Å². The maximum absolute atomic E-state index is 11.4. The number of esters is 1. The highest BCUT2D eigenvalue weighted by molar-refractivity contribution is 5.78. The predicted molar refractivity (Wildman–Crippen MR) is 51.6 cm³/mol. The van der Waals surface area contributed by atoms with Crippen LogP contribution in [0.2, 0.25) is 0 Å². The number of hydrogen-bond donors (Lipinski definition) is 0. The van der Waals surface area contributed by atoms with Gasteiger partial charge < -0.3 is 9.64 Å². The van der Waals surface area contributed by atoms with E-state index in [0.717, 1.165) is 6.42 Å². The predicted octanol–water partition coefficient (Wildman–Crippen LogP) is 0.808. The molecule has 1 unspecified atom stereocenters. The van der Waals surface area contributed by atoms with Gasteiger partial charge in [0.15, 0.2) is 0 Å². The van der Waals surface area contributed by atoms with E-state index in [1.54, 1.807) is 18.9 Å². The van der Waals surface area contributed by atoms with Crippen LogP contribution in [0.1, 0.15) is 26.2 Å². The Labute approximate surface area is 84.2 Å². The molecular formula is C10H17NO3. The molecule has 0 radical (unpaired) electrons. The van der Waals surface area contributed by atoms with Crippen LogP contribution in [0.4, 0.5) is 0 Å². The molecule has 1 rings (SSSR count). The smallest absolute Gasteiger partial charge is 0.308 e. The van der Waals surface area contributed by atoms with E-state index in [-0.39, 0.29) is 17.8 Å². The van der Waals surface area contributed by atoms with E-state index in [9.17, 15) is 9.59 Å². The lowest BCUT2D eigenvalue weighted by molar-refractivity contribution is -0.148. The Hall–Kier alpha value is -1.06. The van der Waals surface area contributed by atoms with Gasteiger partial charge in [-0.2, -0.15) is 0 Å². The van der Waals surface area contributed by atoms with Crippen LogP contribution >= 0.6 is 0 Å². The van der Waals surface area contributed by atoms with Crippen LogP contribution in [0.5, 0.6) is 0 Å². The van der Waals surface area contributed by atoms with Crippen molar-refractivity contribution in [3.05, 3.63) is 0 Å².